The van der Waals surface area contributed by atoms with Crippen LogP contribution in [0.1, 0.15) is 55.8 Å². The number of rotatable bonds is 5. The van der Waals surface area contributed by atoms with Gasteiger partial charge in [-0.2, -0.15) is 0 Å². The molecule has 0 fully saturated rings. The summed E-state index contributed by atoms with van der Waals surface area (Å²) in [4.78, 5) is 17.6. The fourth-order valence-corrected chi connectivity index (χ4v) is 7.44. The van der Waals surface area contributed by atoms with E-state index >= 15 is 0 Å². The van der Waals surface area contributed by atoms with Gasteiger partial charge in [0.1, 0.15) is 11.5 Å². The number of hydrogen-bond acceptors (Lipinski definition) is 8. The highest BCUT2D eigenvalue weighted by atomic mass is 16.5. The summed E-state index contributed by atoms with van der Waals surface area (Å²) in [6, 6.07) is 20.4. The maximum absolute atomic E-state index is 12.9. The number of hydrogen-bond donors (Lipinski definition) is 0. The third kappa shape index (κ3) is 5.69. The normalized spacial score (nSPS) is 18.8. The van der Waals surface area contributed by atoms with Crippen molar-refractivity contribution in [3.05, 3.63) is 112 Å². The molecule has 4 aromatic carbocycles. The van der Waals surface area contributed by atoms with Crippen LogP contribution in [0.25, 0.3) is 0 Å². The van der Waals surface area contributed by atoms with Crippen molar-refractivity contribution in [2.45, 2.75) is 37.8 Å². The number of ether oxygens (including phenoxy) is 5. The Labute approximate surface area is 282 Å². The first-order valence-corrected chi connectivity index (χ1v) is 16.4. The molecule has 2 atom stereocenters. The first-order chi connectivity index (χ1) is 23.3. The zero-order valence-electron chi connectivity index (χ0n) is 28.3. The highest BCUT2D eigenvalue weighted by Crippen LogP contribution is 2.51. The van der Waals surface area contributed by atoms with Crippen molar-refractivity contribution < 1.29 is 28.5 Å². The van der Waals surface area contributed by atoms with Gasteiger partial charge < -0.3 is 23.7 Å². The molecule has 8 rings (SSSR count). The van der Waals surface area contributed by atoms with Gasteiger partial charge in [0, 0.05) is 30.7 Å². The van der Waals surface area contributed by atoms with Gasteiger partial charge >= 0.3 is 0 Å². The molecule has 0 saturated carbocycles. The van der Waals surface area contributed by atoms with E-state index in [0.29, 0.717) is 52.2 Å². The molecule has 0 unspecified atom stereocenters. The van der Waals surface area contributed by atoms with Gasteiger partial charge in [0.05, 0.1) is 26.9 Å². The van der Waals surface area contributed by atoms with E-state index in [1.165, 1.54) is 22.8 Å². The number of methoxy groups -OCH3 is 3. The van der Waals surface area contributed by atoms with E-state index in [2.05, 4.69) is 60.8 Å². The maximum atomic E-state index is 12.9. The van der Waals surface area contributed by atoms with Crippen molar-refractivity contribution in [3.63, 3.8) is 0 Å². The molecular weight excluding hydrogens is 604 g/mol. The number of allylic oxidation sites excluding steroid dienone is 1. The third-order valence-electron chi connectivity index (χ3n) is 10.1. The average molecular weight is 647 g/mol. The molecule has 0 aromatic heterocycles. The van der Waals surface area contributed by atoms with Crippen LogP contribution in [0.2, 0.25) is 0 Å². The molecule has 248 valence electrons. The predicted octanol–water partition coefficient (Wildman–Crippen LogP) is 7.52. The molecule has 0 radical (unpaired) electrons. The Hall–Kier alpha value is -4.79. The largest absolute Gasteiger partial charge is 0.493 e. The summed E-state index contributed by atoms with van der Waals surface area (Å²) in [5.41, 5.74) is 7.34. The summed E-state index contributed by atoms with van der Waals surface area (Å²) in [5.74, 6) is 4.16. The van der Waals surface area contributed by atoms with Gasteiger partial charge in [0.15, 0.2) is 28.8 Å². The van der Waals surface area contributed by atoms with Gasteiger partial charge in [-0.15, -0.1) is 0 Å². The number of fused-ring (bicyclic) bond motifs is 2. The fraction of sp³-hybridized carbons (Fsp3) is 0.325. The standard InChI is InChI=1S/C40H42N2O6/c1-7-33(43)29-13-10-25-19-31-30-23-36(35(44-4)21-26(30)14-16-41(31)2)48-40-38-27(22-37(45-5)39(40)46-6)15-17-42(3)32(38)18-24-8-11-28(12-9-24)47-34(29)20-25/h7-13,20-23,31-32H,1,14-19H2,2-6H3/t31-,32+/m1/s1. The zero-order chi connectivity index (χ0) is 33.5. The molecule has 0 saturated heterocycles. The van der Waals surface area contributed by atoms with Crippen LogP contribution in [-0.4, -0.2) is 64.1 Å². The smallest absolute Gasteiger partial charge is 0.204 e. The van der Waals surface area contributed by atoms with E-state index in [-0.39, 0.29) is 17.9 Å². The zero-order valence-corrected chi connectivity index (χ0v) is 28.3. The Bertz CT molecular complexity index is 1880. The lowest BCUT2D eigenvalue weighted by Gasteiger charge is -2.37. The summed E-state index contributed by atoms with van der Waals surface area (Å²) in [6.07, 6.45) is 4.52. The van der Waals surface area contributed by atoms with Gasteiger partial charge in [-0.1, -0.05) is 24.8 Å². The van der Waals surface area contributed by atoms with Gasteiger partial charge in [0.25, 0.3) is 0 Å². The predicted molar refractivity (Wildman–Crippen MR) is 186 cm³/mol. The summed E-state index contributed by atoms with van der Waals surface area (Å²) in [5, 5.41) is 0. The highest BCUT2D eigenvalue weighted by Gasteiger charge is 2.34. The summed E-state index contributed by atoms with van der Waals surface area (Å²) >= 11 is 0. The molecule has 4 aliphatic rings. The van der Waals surface area contributed by atoms with Crippen LogP contribution in [0.4, 0.5) is 0 Å². The number of ketones is 1. The highest BCUT2D eigenvalue weighted by molar-refractivity contribution is 6.06. The Balaban J connectivity index is 1.46. The van der Waals surface area contributed by atoms with Gasteiger partial charge in [-0.3, -0.25) is 14.6 Å². The molecule has 4 heterocycles. The maximum Gasteiger partial charge on any atom is 0.204 e. The average Bonchev–Trinajstić information content (AvgIpc) is 3.10. The number of carbonyl (C=O) groups is 1. The lowest BCUT2D eigenvalue weighted by Crippen LogP contribution is -2.34. The van der Waals surface area contributed by atoms with E-state index in [4.69, 9.17) is 23.7 Å². The van der Waals surface area contributed by atoms with E-state index < -0.39 is 0 Å². The van der Waals surface area contributed by atoms with Crippen LogP contribution in [0.15, 0.2) is 73.3 Å². The van der Waals surface area contributed by atoms with Crippen molar-refractivity contribution in [1.82, 2.24) is 9.80 Å². The molecule has 8 nitrogen and oxygen atoms in total. The van der Waals surface area contributed by atoms with Gasteiger partial charge in [0.2, 0.25) is 5.75 Å². The second kappa shape index (κ2) is 13.0. The first-order valence-electron chi connectivity index (χ1n) is 16.4. The number of benzene rings is 4. The van der Waals surface area contributed by atoms with Crippen LogP contribution < -0.4 is 23.7 Å². The molecule has 48 heavy (non-hydrogen) atoms. The second-order valence-corrected chi connectivity index (χ2v) is 12.9. The third-order valence-corrected chi connectivity index (χ3v) is 10.1. The molecule has 4 aromatic rings. The van der Waals surface area contributed by atoms with E-state index in [9.17, 15) is 4.79 Å². The lowest BCUT2D eigenvalue weighted by atomic mass is 9.87. The van der Waals surface area contributed by atoms with Gasteiger partial charge in [-0.25, -0.2) is 0 Å². The lowest BCUT2D eigenvalue weighted by molar-refractivity contribution is 0.104. The molecule has 6 bridgehead atoms. The monoisotopic (exact) mass is 646 g/mol. The number of carbonyl (C=O) groups excluding carboxylic acids is 1. The van der Waals surface area contributed by atoms with Crippen molar-refractivity contribution in [1.29, 1.82) is 0 Å². The van der Waals surface area contributed by atoms with Crippen molar-refractivity contribution in [2.24, 2.45) is 0 Å². The van der Waals surface area contributed by atoms with Crippen molar-refractivity contribution >= 4 is 5.78 Å². The molecule has 0 aliphatic carbocycles. The summed E-state index contributed by atoms with van der Waals surface area (Å²) in [7, 11) is 9.32. The Morgan fingerprint density at radius 2 is 1.44 bits per heavy atom. The molecular formula is C40H42N2O6. The Morgan fingerprint density at radius 1 is 0.771 bits per heavy atom. The molecule has 0 N–H and O–H groups in total. The minimum Gasteiger partial charge on any atom is -0.493 e. The Morgan fingerprint density at radius 3 is 2.15 bits per heavy atom. The SMILES string of the molecule is C=CC(=O)c1ccc2cc1Oc1ccc(cc1)C[C@H]1c3c(cc(OC)c(OC)c3Oc3cc4c(cc3OC)CCN(C)[C@@H]4C2)CCN1C. The quantitative estimate of drug-likeness (QED) is 0.163. The van der Waals surface area contributed by atoms with E-state index in [1.54, 1.807) is 21.3 Å². The first kappa shape index (κ1) is 31.8. The summed E-state index contributed by atoms with van der Waals surface area (Å²) in [6.45, 7) is 5.51. The minimum atomic E-state index is -0.175. The molecule has 8 heteroatoms. The fourth-order valence-electron chi connectivity index (χ4n) is 7.44. The van der Waals surface area contributed by atoms with Crippen molar-refractivity contribution in [3.8, 4) is 40.2 Å². The topological polar surface area (TPSA) is 69.7 Å². The second-order valence-electron chi connectivity index (χ2n) is 12.9. The van der Waals surface area contributed by atoms with Crippen LogP contribution in [0.5, 0.6) is 40.2 Å². The van der Waals surface area contributed by atoms with Crippen LogP contribution in [0, 0.1) is 0 Å². The van der Waals surface area contributed by atoms with Crippen molar-refractivity contribution in [2.75, 3.05) is 48.5 Å². The van der Waals surface area contributed by atoms with Crippen LogP contribution in [0.3, 0.4) is 0 Å². The summed E-state index contributed by atoms with van der Waals surface area (Å²) < 4.78 is 31.3. The number of nitrogens with zero attached hydrogens (tertiary/aromatic N) is 2. The van der Waals surface area contributed by atoms with Crippen LogP contribution in [-0.2, 0) is 25.7 Å². The van der Waals surface area contributed by atoms with E-state index in [0.717, 1.165) is 49.0 Å². The van der Waals surface area contributed by atoms with Gasteiger partial charge in [-0.05, 0) is 116 Å². The minimum absolute atomic E-state index is 0.00482. The molecule has 4 aliphatic heterocycles. The van der Waals surface area contributed by atoms with Crippen LogP contribution >= 0.6 is 0 Å². The Kier molecular flexibility index (Phi) is 8.62. The number of likely N-dealkylation sites (N-methyl/N-ethyl adjacent to an activating group) is 2. The molecule has 0 spiro atoms. The molecule has 0 amide bonds. The van der Waals surface area contributed by atoms with E-state index in [1.807, 2.05) is 30.3 Å².